The first-order valence-electron chi connectivity index (χ1n) is 10.5. The molecule has 2 aromatic heterocycles. The molecule has 2 aromatic rings. The van der Waals surface area contributed by atoms with E-state index in [2.05, 4.69) is 32.0 Å². The Hall–Kier alpha value is -1.94. The summed E-state index contributed by atoms with van der Waals surface area (Å²) in [5, 5.41) is 12.6. The Morgan fingerprint density at radius 1 is 1.23 bits per heavy atom. The maximum absolute atomic E-state index is 12.4. The highest BCUT2D eigenvalue weighted by Gasteiger charge is 2.20. The molecule has 2 heterocycles. The Bertz CT molecular complexity index is 874. The number of nitrogens with one attached hydrogen (secondary N) is 1. The number of ether oxygens (including phenoxy) is 1. The molecule has 0 aliphatic heterocycles. The smallest absolute Gasteiger partial charge is 0.350 e. The second-order valence-electron chi connectivity index (χ2n) is 7.34. The highest BCUT2D eigenvalue weighted by atomic mass is 32.2. The third kappa shape index (κ3) is 5.81. The zero-order valence-electron chi connectivity index (χ0n) is 17.8. The van der Waals surface area contributed by atoms with Crippen LogP contribution in [0.3, 0.4) is 0 Å². The summed E-state index contributed by atoms with van der Waals surface area (Å²) in [7, 11) is 0. The first-order chi connectivity index (χ1) is 14.5. The summed E-state index contributed by atoms with van der Waals surface area (Å²) < 4.78 is 7.12. The summed E-state index contributed by atoms with van der Waals surface area (Å²) in [5.41, 5.74) is 0.555. The molecule has 0 bridgehead atoms. The van der Waals surface area contributed by atoms with Crippen LogP contribution in [0.25, 0.3) is 0 Å². The van der Waals surface area contributed by atoms with Crippen molar-refractivity contribution in [2.45, 2.75) is 71.0 Å². The first kappa shape index (κ1) is 22.7. The van der Waals surface area contributed by atoms with E-state index in [-0.39, 0.29) is 11.7 Å². The van der Waals surface area contributed by atoms with Gasteiger partial charge in [0.1, 0.15) is 10.7 Å². The molecular formula is C20H29N5O3S2. The largest absolute Gasteiger partial charge is 0.462 e. The number of rotatable bonds is 9. The number of anilines is 1. The lowest BCUT2D eigenvalue weighted by Crippen LogP contribution is -2.15. The number of esters is 1. The van der Waals surface area contributed by atoms with Gasteiger partial charge in [-0.05, 0) is 26.7 Å². The lowest BCUT2D eigenvalue weighted by Gasteiger charge is -2.21. The Labute approximate surface area is 185 Å². The van der Waals surface area contributed by atoms with Crippen molar-refractivity contribution in [1.29, 1.82) is 0 Å². The summed E-state index contributed by atoms with van der Waals surface area (Å²) >= 11 is 2.50. The van der Waals surface area contributed by atoms with Gasteiger partial charge in [0.25, 0.3) is 0 Å². The molecule has 0 radical (unpaired) electrons. The van der Waals surface area contributed by atoms with E-state index < -0.39 is 5.97 Å². The van der Waals surface area contributed by atoms with Gasteiger partial charge in [0, 0.05) is 13.0 Å². The van der Waals surface area contributed by atoms with Gasteiger partial charge in [-0.25, -0.2) is 9.78 Å². The first-order valence-corrected chi connectivity index (χ1v) is 12.3. The Balaban J connectivity index is 1.56. The molecule has 0 atom stereocenters. The summed E-state index contributed by atoms with van der Waals surface area (Å²) in [6, 6.07) is 0. The molecule has 1 aliphatic carbocycles. The van der Waals surface area contributed by atoms with Crippen molar-refractivity contribution in [3.8, 4) is 0 Å². The monoisotopic (exact) mass is 451 g/mol. The molecule has 1 fully saturated rings. The molecule has 1 amide bonds. The standard InChI is InChI=1S/C20H29N5O3S2/c1-4-25-15(11-14-9-7-6-8-10-14)23-24-20(25)29-12-16(26)22-19-21-13(3)17(30-19)18(27)28-5-2/h14H,4-12H2,1-3H3,(H,21,22,26). The predicted octanol–water partition coefficient (Wildman–Crippen LogP) is 4.09. The minimum absolute atomic E-state index is 0.191. The van der Waals surface area contributed by atoms with Gasteiger partial charge < -0.3 is 14.6 Å². The summed E-state index contributed by atoms with van der Waals surface area (Å²) in [6.45, 7) is 6.64. The Morgan fingerprint density at radius 2 is 2.00 bits per heavy atom. The van der Waals surface area contributed by atoms with Crippen LogP contribution in [0.2, 0.25) is 0 Å². The fourth-order valence-electron chi connectivity index (χ4n) is 3.67. The number of thioether (sulfide) groups is 1. The van der Waals surface area contributed by atoms with Gasteiger partial charge in [-0.3, -0.25) is 4.79 Å². The third-order valence-corrected chi connectivity index (χ3v) is 7.16. The number of carbonyl (C=O) groups is 2. The number of hydrogen-bond donors (Lipinski definition) is 1. The fourth-order valence-corrected chi connectivity index (χ4v) is 5.36. The van der Waals surface area contributed by atoms with Crippen LogP contribution >= 0.6 is 23.1 Å². The van der Waals surface area contributed by atoms with Crippen LogP contribution in [0.15, 0.2) is 5.16 Å². The molecule has 164 valence electrons. The van der Waals surface area contributed by atoms with Crippen LogP contribution in [0, 0.1) is 12.8 Å². The van der Waals surface area contributed by atoms with Crippen LogP contribution in [0.1, 0.15) is 67.1 Å². The van der Waals surface area contributed by atoms with Crippen molar-refractivity contribution in [3.63, 3.8) is 0 Å². The van der Waals surface area contributed by atoms with E-state index in [1.165, 1.54) is 43.9 Å². The second-order valence-corrected chi connectivity index (χ2v) is 9.28. The molecular weight excluding hydrogens is 422 g/mol. The fraction of sp³-hybridized carbons (Fsp3) is 0.650. The lowest BCUT2D eigenvalue weighted by atomic mass is 9.87. The van der Waals surface area contributed by atoms with Crippen molar-refractivity contribution in [3.05, 3.63) is 16.4 Å². The summed E-state index contributed by atoms with van der Waals surface area (Å²) in [6.07, 6.45) is 7.45. The van der Waals surface area contributed by atoms with Gasteiger partial charge in [0.15, 0.2) is 10.3 Å². The van der Waals surface area contributed by atoms with Crippen LogP contribution in [0.5, 0.6) is 0 Å². The maximum atomic E-state index is 12.4. The van der Waals surface area contributed by atoms with Crippen molar-refractivity contribution >= 4 is 40.1 Å². The second kappa shape index (κ2) is 10.9. The maximum Gasteiger partial charge on any atom is 0.350 e. The zero-order chi connectivity index (χ0) is 21.5. The molecule has 1 saturated carbocycles. The third-order valence-electron chi connectivity index (χ3n) is 5.14. The van der Waals surface area contributed by atoms with E-state index in [1.54, 1.807) is 13.8 Å². The van der Waals surface area contributed by atoms with E-state index in [0.29, 0.717) is 28.2 Å². The number of aryl methyl sites for hydroxylation is 1. The number of amides is 1. The lowest BCUT2D eigenvalue weighted by molar-refractivity contribution is -0.113. The van der Waals surface area contributed by atoms with Crippen molar-refractivity contribution < 1.29 is 14.3 Å². The molecule has 0 saturated heterocycles. The normalized spacial score (nSPS) is 14.6. The van der Waals surface area contributed by atoms with Crippen LogP contribution < -0.4 is 5.32 Å². The van der Waals surface area contributed by atoms with Gasteiger partial charge in [-0.1, -0.05) is 55.2 Å². The molecule has 0 spiro atoms. The van der Waals surface area contributed by atoms with Crippen LogP contribution in [-0.2, 0) is 22.5 Å². The minimum Gasteiger partial charge on any atom is -0.462 e. The highest BCUT2D eigenvalue weighted by molar-refractivity contribution is 7.99. The van der Waals surface area contributed by atoms with Crippen LogP contribution in [0.4, 0.5) is 5.13 Å². The highest BCUT2D eigenvalue weighted by Crippen LogP contribution is 2.28. The van der Waals surface area contributed by atoms with Crippen molar-refractivity contribution in [2.75, 3.05) is 17.7 Å². The number of thiazole rings is 1. The van der Waals surface area contributed by atoms with Gasteiger partial charge in [0.2, 0.25) is 5.91 Å². The molecule has 0 unspecified atom stereocenters. The molecule has 3 rings (SSSR count). The van der Waals surface area contributed by atoms with Crippen molar-refractivity contribution in [1.82, 2.24) is 19.7 Å². The Kier molecular flexibility index (Phi) is 8.26. The van der Waals surface area contributed by atoms with Gasteiger partial charge in [-0.2, -0.15) is 0 Å². The molecule has 1 aliphatic rings. The van der Waals surface area contributed by atoms with Crippen LogP contribution in [-0.4, -0.2) is 44.0 Å². The van der Waals surface area contributed by atoms with Gasteiger partial charge >= 0.3 is 5.97 Å². The van der Waals surface area contributed by atoms with E-state index in [4.69, 9.17) is 4.74 Å². The Morgan fingerprint density at radius 3 is 2.70 bits per heavy atom. The number of carbonyl (C=O) groups excluding carboxylic acids is 2. The molecule has 0 aromatic carbocycles. The molecule has 30 heavy (non-hydrogen) atoms. The number of aromatic nitrogens is 4. The van der Waals surface area contributed by atoms with Gasteiger partial charge in [0.05, 0.1) is 18.1 Å². The van der Waals surface area contributed by atoms with E-state index >= 15 is 0 Å². The van der Waals surface area contributed by atoms with E-state index in [1.807, 2.05) is 0 Å². The van der Waals surface area contributed by atoms with Crippen molar-refractivity contribution in [2.24, 2.45) is 5.92 Å². The summed E-state index contributed by atoms with van der Waals surface area (Å²) in [4.78, 5) is 29.0. The molecule has 1 N–H and O–H groups in total. The SMILES string of the molecule is CCOC(=O)c1sc(NC(=O)CSc2nnc(CC3CCCCC3)n2CC)nc1C. The van der Waals surface area contributed by atoms with E-state index in [0.717, 1.165) is 35.3 Å². The topological polar surface area (TPSA) is 99.0 Å². The number of hydrogen-bond acceptors (Lipinski definition) is 8. The van der Waals surface area contributed by atoms with Gasteiger partial charge in [-0.15, -0.1) is 10.2 Å². The zero-order valence-corrected chi connectivity index (χ0v) is 19.4. The quantitative estimate of drug-likeness (QED) is 0.453. The van der Waals surface area contributed by atoms with E-state index in [9.17, 15) is 9.59 Å². The minimum atomic E-state index is -0.413. The number of nitrogens with zero attached hydrogens (tertiary/aromatic N) is 4. The average Bonchev–Trinajstić information content (AvgIpc) is 3.29. The average molecular weight is 452 g/mol. The molecule has 8 nitrogen and oxygen atoms in total. The summed E-state index contributed by atoms with van der Waals surface area (Å²) in [5.74, 6) is 1.31. The molecule has 10 heteroatoms. The predicted molar refractivity (Wildman–Crippen MR) is 118 cm³/mol.